The van der Waals surface area contributed by atoms with Crippen LogP contribution in [0.5, 0.6) is 5.75 Å². The van der Waals surface area contributed by atoms with Crippen molar-refractivity contribution >= 4 is 6.29 Å². The molecule has 76 valence electrons. The van der Waals surface area contributed by atoms with Crippen LogP contribution in [0.25, 0.3) is 0 Å². The molecule has 1 rings (SSSR count). The van der Waals surface area contributed by atoms with Gasteiger partial charge in [0.15, 0.2) is 0 Å². The Kier molecular flexibility index (Phi) is 4.17. The summed E-state index contributed by atoms with van der Waals surface area (Å²) in [6.45, 7) is 4.67. The van der Waals surface area contributed by atoms with Gasteiger partial charge in [-0.05, 0) is 30.5 Å². The van der Waals surface area contributed by atoms with Crippen LogP contribution < -0.4 is 4.74 Å². The second-order valence-electron chi connectivity index (χ2n) is 3.31. The topological polar surface area (TPSA) is 26.3 Å². The molecular formula is C12H16O2. The van der Waals surface area contributed by atoms with E-state index in [2.05, 4.69) is 0 Å². The van der Waals surface area contributed by atoms with Gasteiger partial charge in [0.2, 0.25) is 0 Å². The summed E-state index contributed by atoms with van der Waals surface area (Å²) in [5, 5.41) is 0. The van der Waals surface area contributed by atoms with Gasteiger partial charge in [-0.1, -0.05) is 19.1 Å². The van der Waals surface area contributed by atoms with Crippen LogP contribution in [-0.4, -0.2) is 12.9 Å². The van der Waals surface area contributed by atoms with Gasteiger partial charge in [0.25, 0.3) is 0 Å². The lowest BCUT2D eigenvalue weighted by molar-refractivity contribution is -0.108. The normalized spacial score (nSPS) is 12.1. The SMILES string of the molecule is CCOc1cccc(C(C)CC=O)c1. The molecule has 0 heterocycles. The van der Waals surface area contributed by atoms with Crippen LogP contribution in [0.3, 0.4) is 0 Å². The van der Waals surface area contributed by atoms with Crippen molar-refractivity contribution in [1.29, 1.82) is 0 Å². The Morgan fingerprint density at radius 2 is 2.29 bits per heavy atom. The first-order valence-corrected chi connectivity index (χ1v) is 4.94. The Balaban J connectivity index is 2.76. The summed E-state index contributed by atoms with van der Waals surface area (Å²) in [5.74, 6) is 1.15. The van der Waals surface area contributed by atoms with Gasteiger partial charge < -0.3 is 9.53 Å². The molecule has 1 aromatic carbocycles. The summed E-state index contributed by atoms with van der Waals surface area (Å²) < 4.78 is 5.39. The minimum atomic E-state index is 0.271. The number of rotatable bonds is 5. The molecule has 0 bridgehead atoms. The third-order valence-corrected chi connectivity index (χ3v) is 2.19. The molecule has 0 fully saturated rings. The van der Waals surface area contributed by atoms with Crippen LogP contribution in [-0.2, 0) is 4.79 Å². The van der Waals surface area contributed by atoms with E-state index in [1.54, 1.807) is 0 Å². The Hall–Kier alpha value is -1.31. The summed E-state index contributed by atoms with van der Waals surface area (Å²) in [6, 6.07) is 7.91. The fraction of sp³-hybridized carbons (Fsp3) is 0.417. The van der Waals surface area contributed by atoms with Crippen LogP contribution in [0.1, 0.15) is 31.7 Å². The first kappa shape index (κ1) is 10.8. The van der Waals surface area contributed by atoms with Crippen LogP contribution in [0, 0.1) is 0 Å². The van der Waals surface area contributed by atoms with E-state index < -0.39 is 0 Å². The molecule has 1 unspecified atom stereocenters. The third kappa shape index (κ3) is 2.87. The fourth-order valence-electron chi connectivity index (χ4n) is 1.36. The van der Waals surface area contributed by atoms with Crippen molar-refractivity contribution in [3.63, 3.8) is 0 Å². The Bertz CT molecular complexity index is 294. The molecule has 0 saturated heterocycles. The van der Waals surface area contributed by atoms with E-state index in [1.165, 1.54) is 0 Å². The largest absolute Gasteiger partial charge is 0.494 e. The molecule has 1 atom stereocenters. The molecule has 0 N–H and O–H groups in total. The van der Waals surface area contributed by atoms with Gasteiger partial charge >= 0.3 is 0 Å². The second kappa shape index (κ2) is 5.43. The van der Waals surface area contributed by atoms with Crippen molar-refractivity contribution in [2.24, 2.45) is 0 Å². The lowest BCUT2D eigenvalue weighted by Crippen LogP contribution is -1.96. The lowest BCUT2D eigenvalue weighted by Gasteiger charge is -2.10. The Morgan fingerprint density at radius 3 is 2.93 bits per heavy atom. The van der Waals surface area contributed by atoms with E-state index >= 15 is 0 Å². The first-order valence-electron chi connectivity index (χ1n) is 4.94. The summed E-state index contributed by atoms with van der Waals surface area (Å²) >= 11 is 0. The number of ether oxygens (including phenoxy) is 1. The van der Waals surface area contributed by atoms with Crippen molar-refractivity contribution in [3.05, 3.63) is 29.8 Å². The van der Waals surface area contributed by atoms with Gasteiger partial charge in [-0.15, -0.1) is 0 Å². The monoisotopic (exact) mass is 192 g/mol. The highest BCUT2D eigenvalue weighted by molar-refractivity contribution is 5.51. The maximum Gasteiger partial charge on any atom is 0.120 e. The number of hydrogen-bond acceptors (Lipinski definition) is 2. The molecule has 0 aromatic heterocycles. The average molecular weight is 192 g/mol. The molecule has 0 aliphatic heterocycles. The number of benzene rings is 1. The van der Waals surface area contributed by atoms with E-state index in [0.29, 0.717) is 13.0 Å². The molecule has 0 spiro atoms. The Labute approximate surface area is 84.9 Å². The van der Waals surface area contributed by atoms with Gasteiger partial charge in [0.1, 0.15) is 12.0 Å². The Morgan fingerprint density at radius 1 is 1.50 bits per heavy atom. The van der Waals surface area contributed by atoms with Crippen molar-refractivity contribution in [2.45, 2.75) is 26.2 Å². The van der Waals surface area contributed by atoms with Gasteiger partial charge in [-0.25, -0.2) is 0 Å². The highest BCUT2D eigenvalue weighted by atomic mass is 16.5. The zero-order chi connectivity index (χ0) is 10.4. The van der Waals surface area contributed by atoms with E-state index in [0.717, 1.165) is 17.6 Å². The predicted octanol–water partition coefficient (Wildman–Crippen LogP) is 2.78. The maximum atomic E-state index is 10.4. The zero-order valence-electron chi connectivity index (χ0n) is 8.69. The zero-order valence-corrected chi connectivity index (χ0v) is 8.69. The van der Waals surface area contributed by atoms with Gasteiger partial charge in [-0.3, -0.25) is 0 Å². The molecule has 0 radical (unpaired) electrons. The quantitative estimate of drug-likeness (QED) is 0.670. The third-order valence-electron chi connectivity index (χ3n) is 2.19. The van der Waals surface area contributed by atoms with Crippen molar-refractivity contribution < 1.29 is 9.53 Å². The number of hydrogen-bond donors (Lipinski definition) is 0. The van der Waals surface area contributed by atoms with Crippen LogP contribution >= 0.6 is 0 Å². The van der Waals surface area contributed by atoms with E-state index in [-0.39, 0.29) is 5.92 Å². The molecule has 0 aliphatic rings. The summed E-state index contributed by atoms with van der Waals surface area (Å²) in [6.07, 6.45) is 1.52. The minimum Gasteiger partial charge on any atom is -0.494 e. The lowest BCUT2D eigenvalue weighted by atomic mass is 9.98. The predicted molar refractivity (Wildman–Crippen MR) is 56.7 cm³/mol. The summed E-state index contributed by atoms with van der Waals surface area (Å²) in [4.78, 5) is 10.4. The highest BCUT2D eigenvalue weighted by Crippen LogP contribution is 2.22. The van der Waals surface area contributed by atoms with Crippen molar-refractivity contribution in [3.8, 4) is 5.75 Å². The fourth-order valence-corrected chi connectivity index (χ4v) is 1.36. The van der Waals surface area contributed by atoms with Gasteiger partial charge in [-0.2, -0.15) is 0 Å². The van der Waals surface area contributed by atoms with Crippen LogP contribution in [0.4, 0.5) is 0 Å². The summed E-state index contributed by atoms with van der Waals surface area (Å²) in [5.41, 5.74) is 1.16. The van der Waals surface area contributed by atoms with E-state index in [4.69, 9.17) is 4.74 Å². The average Bonchev–Trinajstić information content (AvgIpc) is 2.19. The van der Waals surface area contributed by atoms with Crippen molar-refractivity contribution in [1.82, 2.24) is 0 Å². The number of aldehydes is 1. The molecule has 0 amide bonds. The molecule has 14 heavy (non-hydrogen) atoms. The minimum absolute atomic E-state index is 0.271. The second-order valence-corrected chi connectivity index (χ2v) is 3.31. The van der Waals surface area contributed by atoms with Crippen LogP contribution in [0.15, 0.2) is 24.3 Å². The molecule has 0 aliphatic carbocycles. The molecule has 2 heteroatoms. The molecule has 1 aromatic rings. The molecule has 2 nitrogen and oxygen atoms in total. The van der Waals surface area contributed by atoms with Crippen molar-refractivity contribution in [2.75, 3.05) is 6.61 Å². The standard InChI is InChI=1S/C12H16O2/c1-3-14-12-6-4-5-11(9-12)10(2)7-8-13/h4-6,8-10H,3,7H2,1-2H3. The van der Waals surface area contributed by atoms with E-state index in [9.17, 15) is 4.79 Å². The highest BCUT2D eigenvalue weighted by Gasteiger charge is 2.05. The molecule has 0 saturated carbocycles. The van der Waals surface area contributed by atoms with Crippen LogP contribution in [0.2, 0.25) is 0 Å². The number of carbonyl (C=O) groups is 1. The number of carbonyl (C=O) groups excluding carboxylic acids is 1. The van der Waals surface area contributed by atoms with Gasteiger partial charge in [0, 0.05) is 6.42 Å². The van der Waals surface area contributed by atoms with Gasteiger partial charge in [0.05, 0.1) is 6.61 Å². The molecular weight excluding hydrogens is 176 g/mol. The maximum absolute atomic E-state index is 10.4. The first-order chi connectivity index (χ1) is 6.77. The smallest absolute Gasteiger partial charge is 0.120 e. The summed E-state index contributed by atoms with van der Waals surface area (Å²) in [7, 11) is 0. The van der Waals surface area contributed by atoms with E-state index in [1.807, 2.05) is 38.1 Å².